The standard InChI is InChI=1S/C14H12Cl2N2O3/c15-9-6-8-3-4-10(16)12(13(8)18-7-9)14(21)17-5-1-2-11(19)20/h3-4,6-7H,1-2,5H2,(H,17,21)(H,19,20). The number of pyridine rings is 1. The summed E-state index contributed by atoms with van der Waals surface area (Å²) in [4.78, 5) is 26.8. The minimum absolute atomic E-state index is 0.00257. The average molecular weight is 327 g/mol. The number of carbonyl (C=O) groups excluding carboxylic acids is 1. The third kappa shape index (κ3) is 3.83. The smallest absolute Gasteiger partial charge is 0.303 e. The second-order valence-electron chi connectivity index (χ2n) is 4.40. The van der Waals surface area contributed by atoms with E-state index in [2.05, 4.69) is 10.3 Å². The third-order valence-electron chi connectivity index (χ3n) is 2.85. The molecule has 0 saturated carbocycles. The van der Waals surface area contributed by atoms with Gasteiger partial charge in [-0.2, -0.15) is 0 Å². The summed E-state index contributed by atoms with van der Waals surface area (Å²) in [6.07, 6.45) is 1.79. The molecule has 0 aliphatic rings. The topological polar surface area (TPSA) is 79.3 Å². The highest BCUT2D eigenvalue weighted by Crippen LogP contribution is 2.26. The number of carboxylic acid groups (broad SMARTS) is 1. The molecule has 0 atom stereocenters. The minimum Gasteiger partial charge on any atom is -0.481 e. The van der Waals surface area contributed by atoms with Crippen LogP contribution >= 0.6 is 23.2 Å². The van der Waals surface area contributed by atoms with Crippen LogP contribution in [0.15, 0.2) is 24.4 Å². The minimum atomic E-state index is -0.899. The fourth-order valence-corrected chi connectivity index (χ4v) is 2.30. The molecule has 0 unspecified atom stereocenters. The summed E-state index contributed by atoms with van der Waals surface area (Å²) in [5.41, 5.74) is 0.726. The van der Waals surface area contributed by atoms with Crippen molar-refractivity contribution in [3.63, 3.8) is 0 Å². The van der Waals surface area contributed by atoms with Crippen molar-refractivity contribution < 1.29 is 14.7 Å². The van der Waals surface area contributed by atoms with Gasteiger partial charge >= 0.3 is 5.97 Å². The van der Waals surface area contributed by atoms with Crippen molar-refractivity contribution in [1.29, 1.82) is 0 Å². The van der Waals surface area contributed by atoms with Crippen LogP contribution in [-0.4, -0.2) is 28.5 Å². The number of rotatable bonds is 5. The van der Waals surface area contributed by atoms with Crippen LogP contribution in [-0.2, 0) is 4.79 Å². The molecule has 1 aromatic carbocycles. The van der Waals surface area contributed by atoms with Crippen molar-refractivity contribution in [3.8, 4) is 0 Å². The van der Waals surface area contributed by atoms with Gasteiger partial charge in [-0.05, 0) is 18.6 Å². The van der Waals surface area contributed by atoms with E-state index in [1.807, 2.05) is 0 Å². The molecule has 0 saturated heterocycles. The Balaban J connectivity index is 2.22. The zero-order valence-electron chi connectivity index (χ0n) is 10.9. The van der Waals surface area contributed by atoms with E-state index in [9.17, 15) is 9.59 Å². The summed E-state index contributed by atoms with van der Waals surface area (Å²) < 4.78 is 0. The molecular formula is C14H12Cl2N2O3. The molecule has 0 spiro atoms. The van der Waals surface area contributed by atoms with Gasteiger partial charge in [0.15, 0.2) is 0 Å². The highest BCUT2D eigenvalue weighted by atomic mass is 35.5. The predicted molar refractivity (Wildman–Crippen MR) is 81.0 cm³/mol. The molecule has 5 nitrogen and oxygen atoms in total. The first-order valence-corrected chi connectivity index (χ1v) is 6.98. The second-order valence-corrected chi connectivity index (χ2v) is 5.24. The van der Waals surface area contributed by atoms with E-state index in [0.717, 1.165) is 0 Å². The van der Waals surface area contributed by atoms with Crippen LogP contribution in [0.3, 0.4) is 0 Å². The van der Waals surface area contributed by atoms with Crippen molar-refractivity contribution in [2.24, 2.45) is 0 Å². The van der Waals surface area contributed by atoms with E-state index in [1.54, 1.807) is 18.2 Å². The number of fused-ring (bicyclic) bond motifs is 1. The van der Waals surface area contributed by atoms with Gasteiger partial charge < -0.3 is 10.4 Å². The zero-order chi connectivity index (χ0) is 15.4. The molecule has 0 radical (unpaired) electrons. The van der Waals surface area contributed by atoms with E-state index in [-0.39, 0.29) is 29.5 Å². The van der Waals surface area contributed by atoms with E-state index in [1.165, 1.54) is 6.20 Å². The molecule has 0 aliphatic heterocycles. The van der Waals surface area contributed by atoms with E-state index >= 15 is 0 Å². The molecule has 1 amide bonds. The number of hydrogen-bond donors (Lipinski definition) is 2. The number of carbonyl (C=O) groups is 2. The van der Waals surface area contributed by atoms with Crippen LogP contribution in [0.4, 0.5) is 0 Å². The number of amides is 1. The van der Waals surface area contributed by atoms with Crippen LogP contribution in [0, 0.1) is 0 Å². The molecule has 0 aliphatic carbocycles. The molecule has 2 aromatic rings. The number of nitrogens with zero attached hydrogens (tertiary/aromatic N) is 1. The summed E-state index contributed by atoms with van der Waals surface area (Å²) in [6, 6.07) is 5.03. The van der Waals surface area contributed by atoms with Crippen LogP contribution < -0.4 is 5.32 Å². The Hall–Kier alpha value is -1.85. The molecule has 1 heterocycles. The lowest BCUT2D eigenvalue weighted by Gasteiger charge is -2.09. The fraction of sp³-hybridized carbons (Fsp3) is 0.214. The first-order valence-electron chi connectivity index (χ1n) is 6.23. The number of nitrogens with one attached hydrogen (secondary N) is 1. The molecule has 2 rings (SSSR count). The fourth-order valence-electron chi connectivity index (χ4n) is 1.90. The van der Waals surface area contributed by atoms with Gasteiger partial charge in [0.25, 0.3) is 5.91 Å². The Kier molecular flexibility index (Phi) is 4.98. The molecule has 7 heteroatoms. The average Bonchev–Trinajstić information content (AvgIpc) is 2.43. The summed E-state index contributed by atoms with van der Waals surface area (Å²) in [7, 11) is 0. The summed E-state index contributed by atoms with van der Waals surface area (Å²) in [6.45, 7) is 0.255. The van der Waals surface area contributed by atoms with Gasteiger partial charge in [-0.3, -0.25) is 14.6 Å². The van der Waals surface area contributed by atoms with Crippen LogP contribution in [0.2, 0.25) is 10.0 Å². The van der Waals surface area contributed by atoms with Gasteiger partial charge in [0, 0.05) is 24.5 Å². The first-order chi connectivity index (χ1) is 9.99. The molecular weight excluding hydrogens is 315 g/mol. The van der Waals surface area contributed by atoms with Crippen molar-refractivity contribution in [2.75, 3.05) is 6.54 Å². The van der Waals surface area contributed by atoms with Gasteiger partial charge in [0.1, 0.15) is 0 Å². The Labute approximate surface area is 130 Å². The number of aliphatic carboxylic acids is 1. The number of hydrogen-bond acceptors (Lipinski definition) is 3. The molecule has 110 valence electrons. The quantitative estimate of drug-likeness (QED) is 0.827. The second kappa shape index (κ2) is 6.74. The SMILES string of the molecule is O=C(O)CCCNC(=O)c1c(Cl)ccc2cc(Cl)cnc12. The number of halogens is 2. The summed E-state index contributed by atoms with van der Waals surface area (Å²) in [5.74, 6) is -1.28. The monoisotopic (exact) mass is 326 g/mol. The molecule has 0 bridgehead atoms. The Morgan fingerprint density at radius 2 is 2.05 bits per heavy atom. The van der Waals surface area contributed by atoms with Gasteiger partial charge in [-0.25, -0.2) is 0 Å². The van der Waals surface area contributed by atoms with E-state index in [4.69, 9.17) is 28.3 Å². The lowest BCUT2D eigenvalue weighted by molar-refractivity contribution is -0.137. The molecule has 1 aromatic heterocycles. The van der Waals surface area contributed by atoms with Gasteiger partial charge in [-0.15, -0.1) is 0 Å². The van der Waals surface area contributed by atoms with Gasteiger partial charge in [0.2, 0.25) is 0 Å². The molecule has 2 N–H and O–H groups in total. The maximum Gasteiger partial charge on any atom is 0.303 e. The Morgan fingerprint density at radius 3 is 2.76 bits per heavy atom. The lowest BCUT2D eigenvalue weighted by Crippen LogP contribution is -2.25. The van der Waals surface area contributed by atoms with Crippen molar-refractivity contribution in [1.82, 2.24) is 10.3 Å². The van der Waals surface area contributed by atoms with Crippen LogP contribution in [0.1, 0.15) is 23.2 Å². The van der Waals surface area contributed by atoms with Crippen molar-refractivity contribution in [3.05, 3.63) is 40.0 Å². The van der Waals surface area contributed by atoms with Gasteiger partial charge in [-0.1, -0.05) is 29.3 Å². The van der Waals surface area contributed by atoms with Gasteiger partial charge in [0.05, 0.1) is 21.1 Å². The van der Waals surface area contributed by atoms with E-state index < -0.39 is 5.97 Å². The van der Waals surface area contributed by atoms with Crippen LogP contribution in [0.5, 0.6) is 0 Å². The van der Waals surface area contributed by atoms with E-state index in [0.29, 0.717) is 22.3 Å². The largest absolute Gasteiger partial charge is 0.481 e. The number of aromatic nitrogens is 1. The first kappa shape index (κ1) is 15.5. The summed E-state index contributed by atoms with van der Waals surface area (Å²) in [5, 5.41) is 12.7. The Morgan fingerprint density at radius 1 is 1.29 bits per heavy atom. The maximum absolute atomic E-state index is 12.2. The van der Waals surface area contributed by atoms with Crippen LogP contribution in [0.25, 0.3) is 10.9 Å². The van der Waals surface area contributed by atoms with Crippen molar-refractivity contribution in [2.45, 2.75) is 12.8 Å². The summed E-state index contributed by atoms with van der Waals surface area (Å²) >= 11 is 11.9. The number of carboxylic acids is 1. The molecule has 0 fully saturated rings. The third-order valence-corrected chi connectivity index (χ3v) is 3.37. The Bertz CT molecular complexity index is 704. The maximum atomic E-state index is 12.2. The number of benzene rings is 1. The lowest BCUT2D eigenvalue weighted by atomic mass is 10.1. The normalized spacial score (nSPS) is 10.6. The molecule has 21 heavy (non-hydrogen) atoms. The zero-order valence-corrected chi connectivity index (χ0v) is 12.4. The predicted octanol–water partition coefficient (Wildman–Crippen LogP) is 3.14. The highest BCUT2D eigenvalue weighted by Gasteiger charge is 2.15. The highest BCUT2D eigenvalue weighted by molar-refractivity contribution is 6.36. The van der Waals surface area contributed by atoms with Crippen molar-refractivity contribution >= 4 is 46.0 Å².